The third kappa shape index (κ3) is 33.0. The van der Waals surface area contributed by atoms with Crippen molar-refractivity contribution in [3.8, 4) is 0 Å². The van der Waals surface area contributed by atoms with Gasteiger partial charge in [-0.15, -0.1) is 0 Å². The number of cyclic esters (lactones) is 4. The molecule has 0 saturated carbocycles. The molecule has 0 aromatic rings. The highest BCUT2D eigenvalue weighted by Gasteiger charge is 2.73. The zero-order valence-electron chi connectivity index (χ0n) is 70.3. The Hall–Kier alpha value is -0.0852. The second kappa shape index (κ2) is 48.2. The molecule has 7 rings (SSSR count). The fourth-order valence-electron chi connectivity index (χ4n) is 13.3. The van der Waals surface area contributed by atoms with Crippen LogP contribution >= 0.6 is 0 Å². The molecule has 52 heteroatoms. The number of ether oxygens (including phenoxy) is 8. The van der Waals surface area contributed by atoms with Gasteiger partial charge in [0.2, 0.25) is 0 Å². The first-order valence-electron chi connectivity index (χ1n) is 40.2. The van der Waals surface area contributed by atoms with E-state index in [0.29, 0.717) is 0 Å². The Morgan fingerprint density at radius 2 is 0.509 bits per heavy atom. The lowest BCUT2D eigenvalue weighted by Crippen LogP contribution is -2.77. The van der Waals surface area contributed by atoms with Crippen LogP contribution in [0.4, 0.5) is 0 Å². The van der Waals surface area contributed by atoms with Crippen molar-refractivity contribution in [2.75, 3.05) is 52.9 Å². The zero-order chi connectivity index (χ0) is 85.5. The molecule has 0 aromatic heterocycles. The molecule has 0 aliphatic carbocycles. The van der Waals surface area contributed by atoms with E-state index in [-0.39, 0.29) is 201 Å². The summed E-state index contributed by atoms with van der Waals surface area (Å²) in [5.41, 5.74) is 0.777. The average Bonchev–Trinajstić information content (AvgIpc) is 0.739. The molecule has 7 aliphatic rings. The average molecular weight is 1900 g/mol. The van der Waals surface area contributed by atoms with Crippen molar-refractivity contribution in [3.05, 3.63) is 48.6 Å². The second-order valence-electron chi connectivity index (χ2n) is 30.2. The molecule has 7 aliphatic heterocycles. The van der Waals surface area contributed by atoms with Crippen LogP contribution in [0.5, 0.6) is 0 Å². The van der Waals surface area contributed by atoms with Gasteiger partial charge in [0.25, 0.3) is 0 Å². The van der Waals surface area contributed by atoms with Gasteiger partial charge in [-0.3, -0.25) is 19.2 Å². The summed E-state index contributed by atoms with van der Waals surface area (Å²) < 4.78 is 190. The minimum atomic E-state index is -4.40. The van der Waals surface area contributed by atoms with E-state index in [2.05, 4.69) is 26.3 Å². The summed E-state index contributed by atoms with van der Waals surface area (Å²) >= 11 is -22.0. The van der Waals surface area contributed by atoms with Gasteiger partial charge in [0.1, 0.15) is 0 Å². The maximum atomic E-state index is 14.1. The monoisotopic (exact) mass is 1900 g/mol. The van der Waals surface area contributed by atoms with Crippen LogP contribution < -0.4 is 0 Å². The lowest BCUT2D eigenvalue weighted by molar-refractivity contribution is -0.151. The number of fused-ring (bicyclic) bond motifs is 4. The highest BCUT2D eigenvalue weighted by atomic mass is 28.6. The number of hydrogen-bond donors (Lipinski definition) is 0. The van der Waals surface area contributed by atoms with E-state index in [9.17, 15) is 38.4 Å². The fraction of sp³-hybridized carbons (Fsp3) is 0.750. The van der Waals surface area contributed by atoms with Crippen LogP contribution in [0, 0.1) is 23.7 Å². The molecule has 0 radical (unpaired) electrons. The summed E-state index contributed by atoms with van der Waals surface area (Å²) in [5.74, 6) is 7.14. The molecule has 8 bridgehead atoms. The Labute approximate surface area is 730 Å². The molecule has 7 fully saturated rings. The van der Waals surface area contributed by atoms with Gasteiger partial charge >= 0.3 is 237 Å². The molecule has 644 valence electrons. The molecular weight excluding hydrogens is 1790 g/mol. The summed E-state index contributed by atoms with van der Waals surface area (Å²) in [6.45, 7) is 26.9. The Morgan fingerprint density at radius 3 is 0.698 bits per heavy atom. The van der Waals surface area contributed by atoms with Gasteiger partial charge in [-0.1, -0.05) is 100 Å². The van der Waals surface area contributed by atoms with Crippen molar-refractivity contribution in [1.82, 2.24) is 0 Å². The molecule has 36 nitrogen and oxygen atoms in total. The number of esters is 8. The summed E-state index contributed by atoms with van der Waals surface area (Å²) in [5, 5.41) is 0. The number of carbonyl (C=O) groups excluding carboxylic acids is 8. The van der Waals surface area contributed by atoms with Crippen molar-refractivity contribution in [2.45, 2.75) is 227 Å². The highest BCUT2D eigenvalue weighted by Crippen LogP contribution is 2.46. The Balaban J connectivity index is 1.23. The predicted molar refractivity (Wildman–Crippen MR) is 438 cm³/mol. The van der Waals surface area contributed by atoms with Crippen LogP contribution in [0.2, 0.25) is 94.6 Å². The lowest BCUT2D eigenvalue weighted by Gasteiger charge is -2.54. The van der Waals surface area contributed by atoms with E-state index in [1.807, 2.05) is 46.3 Å². The second-order valence-corrected chi connectivity index (χ2v) is 72.7. The lowest BCUT2D eigenvalue weighted by atomic mass is 9.98. The predicted octanol–water partition coefficient (Wildman–Crippen LogP) is 8.74. The van der Waals surface area contributed by atoms with Crippen LogP contribution in [0.1, 0.15) is 132 Å². The molecule has 7 saturated heterocycles. The van der Waals surface area contributed by atoms with Crippen molar-refractivity contribution < 1.29 is 148 Å². The molecule has 12 unspecified atom stereocenters. The van der Waals surface area contributed by atoms with Crippen molar-refractivity contribution >= 4 is 237 Å². The van der Waals surface area contributed by atoms with Gasteiger partial charge in [0, 0.05) is 70.6 Å². The molecule has 0 amide bonds. The number of hydrogen-bond acceptors (Lipinski definition) is 36. The minimum absolute atomic E-state index is 0.0152. The van der Waals surface area contributed by atoms with Crippen molar-refractivity contribution in [2.24, 2.45) is 23.7 Å². The largest absolute Gasteiger partial charge is 0.633 e. The molecule has 7 heterocycles. The standard InChI is InChI=1S/C56H92O32Si8.8CH3.8Al.4O/c1-41(2)49(57)73-25-13-33-89(65)81-90(66,34-14-26-74-50(58)42(3)4)84-94(70)38-18-30-78-54(62)46(10)23-24-48(12)56(64)80-32-20-40-96(72)86-92(68,36-16-28-76-52(60)44(7)8)82-91(67,35-15-27-75-51(59)43(5)6)85-95(71,88-96)39-19-31-79-55(63)47(11)22-21-45(9)53(61)77-29-17-37-93(69,83-89)87-94;;;;;;;;;;;;;;;;;;;;/h45-48H,1,3,5,7,13-40H2,2,4,6,8-12H3;8*1H3;;;;;;;;;;;;/q-8;;;;;;;;;8*+1;;;;. The van der Waals surface area contributed by atoms with Gasteiger partial charge in [-0.2, -0.15) is 0 Å². The van der Waals surface area contributed by atoms with E-state index >= 15 is 0 Å². The van der Waals surface area contributed by atoms with Crippen molar-refractivity contribution in [3.63, 3.8) is 0 Å². The van der Waals surface area contributed by atoms with Gasteiger partial charge in [-0.05, 0) is 105 Å². The van der Waals surface area contributed by atoms with E-state index < -0.39 is 260 Å². The Kier molecular flexibility index (Phi) is 42.8. The van der Waals surface area contributed by atoms with Gasteiger partial charge in [0.05, 0.1) is 76.5 Å². The van der Waals surface area contributed by atoms with Gasteiger partial charge < -0.3 is 110 Å². The topological polar surface area (TPSA) is 395 Å². The third-order valence-corrected chi connectivity index (χ3v) is 80.8. The summed E-state index contributed by atoms with van der Waals surface area (Å²) in [6, 6.07) is -0.0237. The van der Waals surface area contributed by atoms with Crippen LogP contribution in [0.25, 0.3) is 0 Å². The van der Waals surface area contributed by atoms with Crippen LogP contribution in [0.15, 0.2) is 48.6 Å². The first-order valence-corrected chi connectivity index (χ1v) is 72.4. The summed E-state index contributed by atoms with van der Waals surface area (Å²) in [6.07, 6.45) is 1.90. The third-order valence-electron chi connectivity index (χ3n) is 18.8. The molecule has 12 atom stereocenters. The Bertz CT molecular complexity index is 2990. The number of rotatable bonds is 20. The van der Waals surface area contributed by atoms with E-state index in [4.69, 9.17) is 110 Å². The summed E-state index contributed by atoms with van der Waals surface area (Å²) in [7, 11) is -35.0. The van der Waals surface area contributed by atoms with E-state index in [0.717, 1.165) is 0 Å². The smallest absolute Gasteiger partial charge is 0.593 e. The quantitative estimate of drug-likeness (QED) is 0.0361. The first kappa shape index (κ1) is 103. The SMILES string of the molecule is C=C(C)C(=O)OCCC[Si]12[O][Al]([CH3])[O][Al]([CH3])[O][Si]3(CCCOC(=O)C(C)CCC(C)C(=O)OCCC[Si]45[O][Al]([CH3])[O][Al]([CH3])[O][Si](CCCOC(=O)C(=C)C)(O[Si]6(CCCOC(=O)C(=C)C)[O][Al]([CH3])[O][Al]([CH3])[O][Si](CCCOC(=O)C(C)CCC(C)C(=O)OCCC[Si]7([O][Al]([CH3])[O][Al]([CH3])[O][Si](CCCOC(=O)C(=C)C)(O1)O7)O3)(O6)O4)O5)O2. The highest BCUT2D eigenvalue weighted by molar-refractivity contribution is 6.96. The van der Waals surface area contributed by atoms with Crippen LogP contribution in [0.3, 0.4) is 0 Å². The van der Waals surface area contributed by atoms with Crippen LogP contribution in [-0.2, 0) is 148 Å². The fourth-order valence-corrected chi connectivity index (χ4v) is 88.3. The molecule has 0 aromatic carbocycles. The van der Waals surface area contributed by atoms with E-state index in [1.54, 1.807) is 27.7 Å². The molecule has 4 spiro atoms. The normalized spacial score (nSPS) is 32.1. The maximum absolute atomic E-state index is 14.1. The van der Waals surface area contributed by atoms with E-state index in [1.165, 1.54) is 27.7 Å². The van der Waals surface area contributed by atoms with Gasteiger partial charge in [-0.25, -0.2) is 19.2 Å². The number of carbonyl (C=O) groups is 8. The van der Waals surface area contributed by atoms with Gasteiger partial charge in [0.15, 0.2) is 0 Å². The Morgan fingerprint density at radius 1 is 0.319 bits per heavy atom. The molecular formula is C64H116Al8O36Si8. The van der Waals surface area contributed by atoms with Crippen molar-refractivity contribution in [1.29, 1.82) is 0 Å². The maximum Gasteiger partial charge on any atom is 0.633 e. The summed E-state index contributed by atoms with van der Waals surface area (Å²) in [4.78, 5) is 108. The minimum Gasteiger partial charge on any atom is -0.593 e. The molecule has 116 heavy (non-hydrogen) atoms. The van der Waals surface area contributed by atoms with Crippen LogP contribution in [-0.4, -0.2) is 290 Å². The zero-order valence-corrected chi connectivity index (χ0v) is 87.5. The first-order chi connectivity index (χ1) is 54.6. The molecule has 0 N–H and O–H groups in total.